The number of carbonyl (C=O) groups is 1. The highest BCUT2D eigenvalue weighted by Crippen LogP contribution is 1.95. The number of ether oxygens (including phenoxy) is 4. The van der Waals surface area contributed by atoms with Gasteiger partial charge in [-0.05, 0) is 20.3 Å². The molecule has 6 heteroatoms. The number of hydrogen-bond acceptors (Lipinski definition) is 5. The van der Waals surface area contributed by atoms with E-state index in [2.05, 4.69) is 6.58 Å². The summed E-state index contributed by atoms with van der Waals surface area (Å²) in [6.45, 7) is 10.5. The Morgan fingerprint density at radius 1 is 0.952 bits per heavy atom. The van der Waals surface area contributed by atoms with Crippen LogP contribution in [0, 0.1) is 0 Å². The van der Waals surface area contributed by atoms with Gasteiger partial charge in [0.05, 0.1) is 45.4 Å². The number of aliphatic carboxylic acids is 1. The fourth-order valence-electron chi connectivity index (χ4n) is 1.26. The molecule has 0 bridgehead atoms. The van der Waals surface area contributed by atoms with E-state index in [4.69, 9.17) is 24.1 Å². The number of carboxylic acid groups (broad SMARTS) is 1. The van der Waals surface area contributed by atoms with Crippen molar-refractivity contribution in [3.8, 4) is 0 Å². The molecule has 6 nitrogen and oxygen atoms in total. The molecule has 0 saturated carbocycles. The first kappa shape index (κ1) is 19.6. The predicted octanol–water partition coefficient (Wildman–Crippen LogP) is 2.01. The van der Waals surface area contributed by atoms with Crippen LogP contribution in [0.1, 0.15) is 20.3 Å². The topological polar surface area (TPSA) is 74.2 Å². The van der Waals surface area contributed by atoms with Gasteiger partial charge < -0.3 is 24.1 Å². The van der Waals surface area contributed by atoms with Gasteiger partial charge in [-0.15, -0.1) is 0 Å². The third-order valence-electron chi connectivity index (χ3n) is 2.37. The number of allylic oxidation sites excluding steroid dienone is 1. The van der Waals surface area contributed by atoms with Crippen LogP contribution in [0.4, 0.5) is 0 Å². The standard InChI is InChI=1S/C15H26O6/c1-13(2)21-12-11-20-10-9-19-8-7-18-6-4-5-14(3)15(16)17/h5H,1,4,6-12H2,2-3H3,(H,16,17). The molecule has 0 aliphatic rings. The Hall–Kier alpha value is -1.37. The molecule has 0 saturated heterocycles. The molecule has 0 heterocycles. The number of rotatable bonds is 14. The van der Waals surface area contributed by atoms with E-state index in [1.165, 1.54) is 0 Å². The maximum atomic E-state index is 10.5. The van der Waals surface area contributed by atoms with E-state index in [0.29, 0.717) is 64.0 Å². The van der Waals surface area contributed by atoms with Crippen LogP contribution >= 0.6 is 0 Å². The largest absolute Gasteiger partial charge is 0.496 e. The lowest BCUT2D eigenvalue weighted by atomic mass is 10.2. The number of hydrogen-bond donors (Lipinski definition) is 1. The highest BCUT2D eigenvalue weighted by atomic mass is 16.6. The van der Waals surface area contributed by atoms with Crippen LogP contribution in [0.3, 0.4) is 0 Å². The Balaban J connectivity index is 3.18. The van der Waals surface area contributed by atoms with E-state index < -0.39 is 5.97 Å². The van der Waals surface area contributed by atoms with Crippen molar-refractivity contribution >= 4 is 5.97 Å². The molecule has 0 atom stereocenters. The zero-order chi connectivity index (χ0) is 15.9. The first-order chi connectivity index (χ1) is 10.0. The molecule has 1 N–H and O–H groups in total. The average molecular weight is 302 g/mol. The molecule has 0 aromatic rings. The Kier molecular flexibility index (Phi) is 12.7. The lowest BCUT2D eigenvalue weighted by molar-refractivity contribution is -0.132. The first-order valence-electron chi connectivity index (χ1n) is 6.95. The summed E-state index contributed by atoms with van der Waals surface area (Å²) in [4.78, 5) is 10.5. The predicted molar refractivity (Wildman–Crippen MR) is 79.2 cm³/mol. The molecule has 0 radical (unpaired) electrons. The molecular weight excluding hydrogens is 276 g/mol. The summed E-state index contributed by atoms with van der Waals surface area (Å²) < 4.78 is 21.0. The monoisotopic (exact) mass is 302 g/mol. The molecular formula is C15H26O6. The van der Waals surface area contributed by atoms with Crippen molar-refractivity contribution in [2.45, 2.75) is 20.3 Å². The van der Waals surface area contributed by atoms with Crippen molar-refractivity contribution in [1.82, 2.24) is 0 Å². The maximum absolute atomic E-state index is 10.5. The molecule has 0 aromatic heterocycles. The molecule has 0 aromatic carbocycles. The van der Waals surface area contributed by atoms with Gasteiger partial charge in [-0.1, -0.05) is 12.7 Å². The summed E-state index contributed by atoms with van der Waals surface area (Å²) in [5.74, 6) is -0.215. The van der Waals surface area contributed by atoms with E-state index >= 15 is 0 Å². The first-order valence-corrected chi connectivity index (χ1v) is 6.95. The summed E-state index contributed by atoms with van der Waals surface area (Å²) in [7, 11) is 0. The van der Waals surface area contributed by atoms with E-state index in [1.807, 2.05) is 0 Å². The van der Waals surface area contributed by atoms with Crippen LogP contribution in [0.2, 0.25) is 0 Å². The van der Waals surface area contributed by atoms with Crippen molar-refractivity contribution in [3.05, 3.63) is 24.0 Å². The lowest BCUT2D eigenvalue weighted by Gasteiger charge is -2.07. The summed E-state index contributed by atoms with van der Waals surface area (Å²) in [5.41, 5.74) is 0.336. The molecule has 0 fully saturated rings. The van der Waals surface area contributed by atoms with E-state index in [1.54, 1.807) is 19.9 Å². The Morgan fingerprint density at radius 2 is 1.43 bits per heavy atom. The molecule has 0 aliphatic heterocycles. The summed E-state index contributed by atoms with van der Waals surface area (Å²) in [6, 6.07) is 0. The van der Waals surface area contributed by atoms with Gasteiger partial charge in [-0.25, -0.2) is 4.79 Å². The third-order valence-corrected chi connectivity index (χ3v) is 2.37. The van der Waals surface area contributed by atoms with Gasteiger partial charge in [0.1, 0.15) is 6.61 Å². The highest BCUT2D eigenvalue weighted by molar-refractivity contribution is 5.85. The Morgan fingerprint density at radius 3 is 1.90 bits per heavy atom. The molecule has 0 unspecified atom stereocenters. The van der Waals surface area contributed by atoms with Crippen LogP contribution in [-0.2, 0) is 23.7 Å². The summed E-state index contributed by atoms with van der Waals surface area (Å²) in [5, 5.41) is 8.63. The fourth-order valence-corrected chi connectivity index (χ4v) is 1.26. The van der Waals surface area contributed by atoms with Crippen LogP contribution < -0.4 is 0 Å². The molecule has 0 amide bonds. The Bertz CT molecular complexity index is 324. The van der Waals surface area contributed by atoms with Crippen molar-refractivity contribution in [1.29, 1.82) is 0 Å². The minimum atomic E-state index is -0.896. The van der Waals surface area contributed by atoms with Crippen molar-refractivity contribution in [2.24, 2.45) is 0 Å². The quantitative estimate of drug-likeness (QED) is 0.300. The van der Waals surface area contributed by atoms with Gasteiger partial charge in [0.15, 0.2) is 0 Å². The second-order valence-corrected chi connectivity index (χ2v) is 4.37. The highest BCUT2D eigenvalue weighted by Gasteiger charge is 1.97. The maximum Gasteiger partial charge on any atom is 0.330 e. The van der Waals surface area contributed by atoms with Gasteiger partial charge in [0.25, 0.3) is 0 Å². The second kappa shape index (κ2) is 13.6. The molecule has 0 spiro atoms. The molecule has 21 heavy (non-hydrogen) atoms. The van der Waals surface area contributed by atoms with E-state index in [-0.39, 0.29) is 0 Å². The van der Waals surface area contributed by atoms with Crippen molar-refractivity contribution < 1.29 is 28.8 Å². The molecule has 122 valence electrons. The van der Waals surface area contributed by atoms with Gasteiger partial charge in [0.2, 0.25) is 0 Å². The summed E-state index contributed by atoms with van der Waals surface area (Å²) >= 11 is 0. The van der Waals surface area contributed by atoms with Crippen molar-refractivity contribution in [2.75, 3.05) is 46.2 Å². The van der Waals surface area contributed by atoms with E-state index in [9.17, 15) is 4.79 Å². The van der Waals surface area contributed by atoms with Crippen LogP contribution in [-0.4, -0.2) is 57.3 Å². The van der Waals surface area contributed by atoms with E-state index in [0.717, 1.165) is 0 Å². The van der Waals surface area contributed by atoms with Crippen molar-refractivity contribution in [3.63, 3.8) is 0 Å². The molecule has 0 aliphatic carbocycles. The van der Waals surface area contributed by atoms with Crippen LogP contribution in [0.5, 0.6) is 0 Å². The normalized spacial score (nSPS) is 11.4. The smallest absolute Gasteiger partial charge is 0.330 e. The van der Waals surface area contributed by atoms with Gasteiger partial charge in [0, 0.05) is 5.57 Å². The minimum absolute atomic E-state index is 0.336. The van der Waals surface area contributed by atoms with Gasteiger partial charge in [-0.2, -0.15) is 0 Å². The molecule has 0 rings (SSSR count). The fraction of sp³-hybridized carbons (Fsp3) is 0.667. The van der Waals surface area contributed by atoms with Crippen LogP contribution in [0.15, 0.2) is 24.0 Å². The second-order valence-electron chi connectivity index (χ2n) is 4.37. The minimum Gasteiger partial charge on any atom is -0.496 e. The third kappa shape index (κ3) is 14.8. The van der Waals surface area contributed by atoms with Gasteiger partial charge in [-0.3, -0.25) is 0 Å². The van der Waals surface area contributed by atoms with Gasteiger partial charge >= 0.3 is 5.97 Å². The Labute approximate surface area is 126 Å². The zero-order valence-corrected chi connectivity index (χ0v) is 12.9. The number of carboxylic acids is 1. The van der Waals surface area contributed by atoms with Crippen LogP contribution in [0.25, 0.3) is 0 Å². The SMILES string of the molecule is C=C(C)OCCOCCOCCOCCC=C(C)C(=O)O. The summed E-state index contributed by atoms with van der Waals surface area (Å²) in [6.07, 6.45) is 2.23. The lowest BCUT2D eigenvalue weighted by Crippen LogP contribution is -2.11. The zero-order valence-electron chi connectivity index (χ0n) is 12.9. The average Bonchev–Trinajstić information content (AvgIpc) is 2.43.